The average Bonchev–Trinajstić information content (AvgIpc) is 2.71. The number of halogens is 5. The summed E-state index contributed by atoms with van der Waals surface area (Å²) < 4.78 is 51.3. The number of rotatable bonds is 4. The van der Waals surface area contributed by atoms with Crippen molar-refractivity contribution in [2.45, 2.75) is 18.9 Å². The lowest BCUT2D eigenvalue weighted by molar-refractivity contribution is -0.139. The van der Waals surface area contributed by atoms with E-state index in [1.807, 2.05) is 0 Å². The maximum atomic E-state index is 13.0. The Hall–Kier alpha value is -1.19. The Labute approximate surface area is 119 Å². The van der Waals surface area contributed by atoms with Crippen LogP contribution in [0.5, 0.6) is 0 Å². The Morgan fingerprint density at radius 2 is 1.84 bits per heavy atom. The van der Waals surface area contributed by atoms with Crippen LogP contribution in [-0.2, 0) is 6.54 Å². The standard InChI is InChI=1S/C11H8F4IN3/c12-10(13)11(14,15)6-19-9(16)8(17-18-19)7-4-2-1-3-5-7/h1-5,10H,6H2. The number of aromatic nitrogens is 3. The van der Waals surface area contributed by atoms with Crippen LogP contribution in [0.4, 0.5) is 17.6 Å². The zero-order valence-electron chi connectivity index (χ0n) is 9.40. The number of alkyl halides is 4. The summed E-state index contributed by atoms with van der Waals surface area (Å²) in [7, 11) is 0. The molecule has 3 nitrogen and oxygen atoms in total. The van der Waals surface area contributed by atoms with Crippen LogP contribution in [0.3, 0.4) is 0 Å². The first kappa shape index (κ1) is 14.2. The number of hydrogen-bond donors (Lipinski definition) is 0. The van der Waals surface area contributed by atoms with Gasteiger partial charge in [0.25, 0.3) is 0 Å². The summed E-state index contributed by atoms with van der Waals surface area (Å²) in [5, 5.41) is 7.26. The molecule has 1 heterocycles. The Kier molecular flexibility index (Phi) is 4.07. The minimum absolute atomic E-state index is 0.295. The molecule has 0 amide bonds. The maximum absolute atomic E-state index is 13.0. The molecule has 0 radical (unpaired) electrons. The molecule has 0 N–H and O–H groups in total. The summed E-state index contributed by atoms with van der Waals surface area (Å²) in [5.41, 5.74) is 1.09. The predicted molar refractivity (Wildman–Crippen MR) is 69.1 cm³/mol. The largest absolute Gasteiger partial charge is 0.326 e. The Bertz CT molecular complexity index is 556. The fourth-order valence-corrected chi connectivity index (χ4v) is 2.13. The lowest BCUT2D eigenvalue weighted by atomic mass is 10.2. The van der Waals surface area contributed by atoms with Gasteiger partial charge in [-0.05, 0) is 22.6 Å². The third-order valence-electron chi connectivity index (χ3n) is 2.40. The van der Waals surface area contributed by atoms with E-state index in [9.17, 15) is 17.6 Å². The molecule has 0 aliphatic carbocycles. The van der Waals surface area contributed by atoms with Crippen LogP contribution in [-0.4, -0.2) is 27.3 Å². The highest BCUT2D eigenvalue weighted by atomic mass is 127. The highest BCUT2D eigenvalue weighted by Gasteiger charge is 2.42. The van der Waals surface area contributed by atoms with Crippen LogP contribution in [0.2, 0.25) is 0 Å². The van der Waals surface area contributed by atoms with Crippen LogP contribution < -0.4 is 0 Å². The summed E-state index contributed by atoms with van der Waals surface area (Å²) in [6, 6.07) is 8.80. The van der Waals surface area contributed by atoms with Crippen molar-refractivity contribution in [1.29, 1.82) is 0 Å². The molecule has 102 valence electrons. The van der Waals surface area contributed by atoms with Crippen molar-refractivity contribution in [3.63, 3.8) is 0 Å². The fraction of sp³-hybridized carbons (Fsp3) is 0.273. The van der Waals surface area contributed by atoms with Crippen molar-refractivity contribution in [3.8, 4) is 11.3 Å². The maximum Gasteiger partial charge on any atom is 0.326 e. The second kappa shape index (κ2) is 5.43. The van der Waals surface area contributed by atoms with Crippen LogP contribution in [0.1, 0.15) is 0 Å². The summed E-state index contributed by atoms with van der Waals surface area (Å²) in [6.07, 6.45) is -3.73. The topological polar surface area (TPSA) is 30.7 Å². The van der Waals surface area contributed by atoms with Crippen LogP contribution in [0.25, 0.3) is 11.3 Å². The average molecular weight is 385 g/mol. The third kappa shape index (κ3) is 3.04. The second-order valence-electron chi connectivity index (χ2n) is 3.81. The van der Waals surface area contributed by atoms with Gasteiger partial charge >= 0.3 is 12.3 Å². The van der Waals surface area contributed by atoms with E-state index < -0.39 is 18.9 Å². The number of hydrogen-bond acceptors (Lipinski definition) is 2. The molecule has 1 aromatic heterocycles. The van der Waals surface area contributed by atoms with Crippen molar-refractivity contribution >= 4 is 22.6 Å². The van der Waals surface area contributed by atoms with Gasteiger partial charge in [0.15, 0.2) is 0 Å². The van der Waals surface area contributed by atoms with E-state index in [2.05, 4.69) is 10.3 Å². The van der Waals surface area contributed by atoms with Gasteiger partial charge in [-0.15, -0.1) is 5.10 Å². The van der Waals surface area contributed by atoms with Gasteiger partial charge in [-0.25, -0.2) is 13.5 Å². The van der Waals surface area contributed by atoms with E-state index >= 15 is 0 Å². The first-order chi connectivity index (χ1) is 8.92. The quantitative estimate of drug-likeness (QED) is 0.597. The Balaban J connectivity index is 2.29. The predicted octanol–water partition coefficient (Wildman–Crippen LogP) is 3.45. The van der Waals surface area contributed by atoms with E-state index in [-0.39, 0.29) is 0 Å². The van der Waals surface area contributed by atoms with E-state index in [1.165, 1.54) is 0 Å². The van der Waals surface area contributed by atoms with Crippen molar-refractivity contribution in [2.24, 2.45) is 0 Å². The monoisotopic (exact) mass is 385 g/mol. The van der Waals surface area contributed by atoms with Crippen molar-refractivity contribution in [2.75, 3.05) is 0 Å². The fourth-order valence-electron chi connectivity index (χ4n) is 1.44. The Morgan fingerprint density at radius 1 is 1.21 bits per heavy atom. The van der Waals surface area contributed by atoms with Crippen molar-refractivity contribution in [3.05, 3.63) is 34.0 Å². The van der Waals surface area contributed by atoms with E-state index in [0.717, 1.165) is 4.68 Å². The summed E-state index contributed by atoms with van der Waals surface area (Å²) in [5.74, 6) is -4.12. The molecule has 2 aromatic rings. The molecule has 1 aromatic carbocycles. The van der Waals surface area contributed by atoms with Gasteiger partial charge in [-0.2, -0.15) is 8.78 Å². The first-order valence-corrected chi connectivity index (χ1v) is 6.30. The normalized spacial score (nSPS) is 12.1. The zero-order valence-corrected chi connectivity index (χ0v) is 11.6. The summed E-state index contributed by atoms with van der Waals surface area (Å²) in [4.78, 5) is 0. The van der Waals surface area contributed by atoms with E-state index in [1.54, 1.807) is 52.9 Å². The van der Waals surface area contributed by atoms with Gasteiger partial charge in [0.2, 0.25) is 0 Å². The SMILES string of the molecule is FC(F)C(F)(F)Cn1nnc(-c2ccccc2)c1I. The Morgan fingerprint density at radius 3 is 2.42 bits per heavy atom. The molecule has 8 heteroatoms. The van der Waals surface area contributed by atoms with Gasteiger partial charge in [0, 0.05) is 5.56 Å². The molecule has 0 fully saturated rings. The molecule has 2 rings (SSSR count). The molecule has 0 atom stereocenters. The molecule has 0 saturated carbocycles. The lowest BCUT2D eigenvalue weighted by Gasteiger charge is -2.14. The van der Waals surface area contributed by atoms with E-state index in [0.29, 0.717) is 15.0 Å². The van der Waals surface area contributed by atoms with Crippen LogP contribution in [0, 0.1) is 3.70 Å². The number of benzene rings is 1. The summed E-state index contributed by atoms with van der Waals surface area (Å²) >= 11 is 1.76. The summed E-state index contributed by atoms with van der Waals surface area (Å²) in [6.45, 7) is -1.19. The molecular formula is C11H8F4IN3. The molecule has 0 aliphatic rings. The molecule has 19 heavy (non-hydrogen) atoms. The van der Waals surface area contributed by atoms with Crippen molar-refractivity contribution in [1.82, 2.24) is 15.0 Å². The third-order valence-corrected chi connectivity index (χ3v) is 3.47. The van der Waals surface area contributed by atoms with E-state index in [4.69, 9.17) is 0 Å². The van der Waals surface area contributed by atoms with Gasteiger partial charge in [-0.1, -0.05) is 35.5 Å². The van der Waals surface area contributed by atoms with Crippen LogP contribution >= 0.6 is 22.6 Å². The molecule has 0 aliphatic heterocycles. The smallest absolute Gasteiger partial charge is 0.232 e. The molecule has 0 unspecified atom stereocenters. The highest BCUT2D eigenvalue weighted by Crippen LogP contribution is 2.28. The minimum Gasteiger partial charge on any atom is -0.232 e. The minimum atomic E-state index is -4.12. The lowest BCUT2D eigenvalue weighted by Crippen LogP contribution is -2.33. The van der Waals surface area contributed by atoms with Gasteiger partial charge in [0.05, 0.1) is 0 Å². The van der Waals surface area contributed by atoms with Gasteiger partial charge in [0.1, 0.15) is 15.9 Å². The molecule has 0 saturated heterocycles. The zero-order chi connectivity index (χ0) is 14.0. The molecule has 0 bridgehead atoms. The van der Waals surface area contributed by atoms with Gasteiger partial charge in [-0.3, -0.25) is 0 Å². The van der Waals surface area contributed by atoms with Gasteiger partial charge < -0.3 is 0 Å². The molecule has 0 spiro atoms. The van der Waals surface area contributed by atoms with Crippen molar-refractivity contribution < 1.29 is 17.6 Å². The molecular weight excluding hydrogens is 377 g/mol. The second-order valence-corrected chi connectivity index (χ2v) is 4.84. The van der Waals surface area contributed by atoms with Crippen LogP contribution in [0.15, 0.2) is 30.3 Å². The number of nitrogens with zero attached hydrogens (tertiary/aromatic N) is 3. The highest BCUT2D eigenvalue weighted by molar-refractivity contribution is 14.1. The first-order valence-electron chi connectivity index (χ1n) is 5.22.